The highest BCUT2D eigenvalue weighted by Gasteiger charge is 2.29. The van der Waals surface area contributed by atoms with Crippen LogP contribution in [0.2, 0.25) is 0 Å². The molecule has 0 saturated carbocycles. The molecule has 1 heterocycles. The summed E-state index contributed by atoms with van der Waals surface area (Å²) in [5.74, 6) is -13.1. The summed E-state index contributed by atoms with van der Waals surface area (Å²) in [5, 5.41) is 19.1. The van der Waals surface area contributed by atoms with E-state index in [1.165, 1.54) is 18.0 Å². The minimum atomic E-state index is -2.29. The molecule has 1 aliphatic rings. The molecule has 2 N–H and O–H groups in total. The summed E-state index contributed by atoms with van der Waals surface area (Å²) >= 11 is 0.158. The van der Waals surface area contributed by atoms with E-state index in [0.29, 0.717) is 13.0 Å². The molecule has 2 aromatic carbocycles. The lowest BCUT2D eigenvalue weighted by Crippen LogP contribution is -2.41. The van der Waals surface area contributed by atoms with Crippen molar-refractivity contribution in [3.8, 4) is 5.75 Å². The SMILES string of the molecule is CN(CC(=O)N(CC1CCCO1)c1ccc(C(=O)O)c(O)c1)Sc1c(F)c(F)c(F)c(F)c1F. The summed E-state index contributed by atoms with van der Waals surface area (Å²) in [6.07, 6.45) is 1.04. The third-order valence-corrected chi connectivity index (χ3v) is 5.99. The summed E-state index contributed by atoms with van der Waals surface area (Å²) in [6, 6.07) is 3.48. The first-order valence-corrected chi connectivity index (χ1v) is 10.7. The van der Waals surface area contributed by atoms with Crippen LogP contribution in [0, 0.1) is 29.1 Å². The van der Waals surface area contributed by atoms with Crippen molar-refractivity contribution in [2.45, 2.75) is 23.8 Å². The number of likely N-dealkylation sites (N-methyl/N-ethyl adjacent to an activating group) is 1. The predicted molar refractivity (Wildman–Crippen MR) is 111 cm³/mol. The van der Waals surface area contributed by atoms with Gasteiger partial charge in [0.25, 0.3) is 0 Å². The van der Waals surface area contributed by atoms with E-state index in [1.54, 1.807) is 0 Å². The molecule has 7 nitrogen and oxygen atoms in total. The molecule has 2 aromatic rings. The molecule has 0 bridgehead atoms. The molecule has 1 aliphatic heterocycles. The fourth-order valence-corrected chi connectivity index (χ4v) is 4.17. The summed E-state index contributed by atoms with van der Waals surface area (Å²) < 4.78 is 74.7. The number of carbonyl (C=O) groups is 2. The van der Waals surface area contributed by atoms with Crippen molar-refractivity contribution in [2.24, 2.45) is 0 Å². The van der Waals surface area contributed by atoms with Crippen LogP contribution in [0.1, 0.15) is 23.2 Å². The number of rotatable bonds is 8. The Hall–Kier alpha value is -2.90. The Morgan fingerprint density at radius 3 is 2.24 bits per heavy atom. The van der Waals surface area contributed by atoms with E-state index in [0.717, 1.165) is 22.9 Å². The van der Waals surface area contributed by atoms with Gasteiger partial charge >= 0.3 is 5.97 Å². The second-order valence-corrected chi connectivity index (χ2v) is 8.64. The van der Waals surface area contributed by atoms with E-state index in [9.17, 15) is 36.6 Å². The highest BCUT2D eigenvalue weighted by molar-refractivity contribution is 7.97. The number of nitrogens with zero attached hydrogens (tertiary/aromatic N) is 2. The van der Waals surface area contributed by atoms with E-state index in [-0.39, 0.29) is 35.8 Å². The number of ether oxygens (including phenoxy) is 1. The second kappa shape index (κ2) is 10.6. The average molecular weight is 506 g/mol. The van der Waals surface area contributed by atoms with Gasteiger partial charge in [-0.1, -0.05) is 0 Å². The van der Waals surface area contributed by atoms with Crippen molar-refractivity contribution >= 4 is 29.5 Å². The van der Waals surface area contributed by atoms with Crippen LogP contribution in [0.25, 0.3) is 0 Å². The third-order valence-electron chi connectivity index (χ3n) is 5.01. The number of carboxylic acid groups (broad SMARTS) is 1. The summed E-state index contributed by atoms with van der Waals surface area (Å²) in [7, 11) is 1.22. The van der Waals surface area contributed by atoms with E-state index in [1.807, 2.05) is 0 Å². The minimum Gasteiger partial charge on any atom is -0.507 e. The smallest absolute Gasteiger partial charge is 0.339 e. The number of anilines is 1. The number of hydrogen-bond donors (Lipinski definition) is 2. The number of carboxylic acids is 1. The molecule has 1 amide bonds. The molecular weight excluding hydrogens is 487 g/mol. The second-order valence-electron chi connectivity index (χ2n) is 7.42. The highest BCUT2D eigenvalue weighted by Crippen LogP contribution is 2.33. The van der Waals surface area contributed by atoms with Crippen molar-refractivity contribution in [2.75, 3.05) is 31.6 Å². The highest BCUT2D eigenvalue weighted by atomic mass is 32.2. The molecule has 1 saturated heterocycles. The van der Waals surface area contributed by atoms with Crippen molar-refractivity contribution in [1.82, 2.24) is 4.31 Å². The van der Waals surface area contributed by atoms with Crippen LogP contribution >= 0.6 is 11.9 Å². The fraction of sp³-hybridized carbons (Fsp3) is 0.333. The van der Waals surface area contributed by atoms with Crippen LogP contribution in [0.4, 0.5) is 27.6 Å². The number of phenols is 1. The van der Waals surface area contributed by atoms with Crippen molar-refractivity contribution in [3.63, 3.8) is 0 Å². The molecule has 0 radical (unpaired) electrons. The van der Waals surface area contributed by atoms with Crippen LogP contribution in [-0.4, -0.2) is 59.2 Å². The quantitative estimate of drug-likeness (QED) is 0.243. The minimum absolute atomic E-state index is 0.0335. The zero-order valence-corrected chi connectivity index (χ0v) is 18.5. The molecule has 13 heteroatoms. The Morgan fingerprint density at radius 2 is 1.71 bits per heavy atom. The number of amides is 1. The topological polar surface area (TPSA) is 90.3 Å². The van der Waals surface area contributed by atoms with Gasteiger partial charge in [-0.25, -0.2) is 31.1 Å². The maximum atomic E-state index is 14.0. The standard InChI is InChI=1S/C21H19F5N2O5S/c1-27(34-20-18(25)16(23)15(22)17(24)19(20)26)9-14(30)28(8-11-3-2-6-33-11)10-4-5-12(21(31)32)13(29)7-10/h4-5,7,11,29H,2-3,6,8-9H2,1H3,(H,31,32). The molecular formula is C21H19F5N2O5S. The van der Waals surface area contributed by atoms with Gasteiger partial charge in [-0.3, -0.25) is 4.79 Å². The van der Waals surface area contributed by atoms with Gasteiger partial charge in [0.2, 0.25) is 11.7 Å². The monoisotopic (exact) mass is 506 g/mol. The van der Waals surface area contributed by atoms with Crippen LogP contribution in [0.5, 0.6) is 5.75 Å². The maximum Gasteiger partial charge on any atom is 0.339 e. The van der Waals surface area contributed by atoms with E-state index in [4.69, 9.17) is 9.84 Å². The average Bonchev–Trinajstić information content (AvgIpc) is 3.30. The molecule has 184 valence electrons. The van der Waals surface area contributed by atoms with Gasteiger partial charge in [-0.15, -0.1) is 0 Å². The molecule has 0 aliphatic carbocycles. The van der Waals surface area contributed by atoms with Crippen LogP contribution in [0.15, 0.2) is 23.1 Å². The van der Waals surface area contributed by atoms with Crippen molar-refractivity contribution in [1.29, 1.82) is 0 Å². The Balaban J connectivity index is 1.83. The molecule has 3 rings (SSSR count). The first-order chi connectivity index (χ1) is 16.0. The van der Waals surface area contributed by atoms with Gasteiger partial charge in [0.15, 0.2) is 23.3 Å². The predicted octanol–water partition coefficient (Wildman–Crippen LogP) is 3.94. The Bertz CT molecular complexity index is 1080. The van der Waals surface area contributed by atoms with Gasteiger partial charge in [-0.05, 0) is 44.0 Å². The zero-order valence-electron chi connectivity index (χ0n) is 17.7. The number of hydrogen-bond acceptors (Lipinski definition) is 6. The molecule has 1 unspecified atom stereocenters. The van der Waals surface area contributed by atoms with Gasteiger partial charge in [0.05, 0.1) is 19.2 Å². The van der Waals surface area contributed by atoms with Crippen LogP contribution in [0.3, 0.4) is 0 Å². The van der Waals surface area contributed by atoms with E-state index in [2.05, 4.69) is 0 Å². The van der Waals surface area contributed by atoms with E-state index >= 15 is 0 Å². The number of aromatic carboxylic acids is 1. The number of benzene rings is 2. The summed E-state index contributed by atoms with van der Waals surface area (Å²) in [6.45, 7) is -0.0179. The van der Waals surface area contributed by atoms with Crippen molar-refractivity contribution < 1.29 is 46.5 Å². The lowest BCUT2D eigenvalue weighted by molar-refractivity contribution is -0.118. The normalized spacial score (nSPS) is 15.7. The van der Waals surface area contributed by atoms with Gasteiger partial charge in [0.1, 0.15) is 16.2 Å². The lowest BCUT2D eigenvalue weighted by Gasteiger charge is -2.28. The maximum absolute atomic E-state index is 14.0. The number of halogens is 5. The third kappa shape index (κ3) is 5.42. The largest absolute Gasteiger partial charge is 0.507 e. The van der Waals surface area contributed by atoms with Gasteiger partial charge < -0.3 is 19.8 Å². The van der Waals surface area contributed by atoms with Crippen LogP contribution in [-0.2, 0) is 9.53 Å². The molecule has 0 spiro atoms. The van der Waals surface area contributed by atoms with Gasteiger partial charge in [0, 0.05) is 18.4 Å². The molecule has 1 atom stereocenters. The summed E-state index contributed by atoms with van der Waals surface area (Å²) in [4.78, 5) is 24.2. The first-order valence-electron chi connectivity index (χ1n) is 9.90. The lowest BCUT2D eigenvalue weighted by atomic mass is 10.1. The van der Waals surface area contributed by atoms with Crippen molar-refractivity contribution in [3.05, 3.63) is 52.8 Å². The molecule has 0 aromatic heterocycles. The number of aromatic hydroxyl groups is 1. The Morgan fingerprint density at radius 1 is 1.09 bits per heavy atom. The Labute approximate surface area is 194 Å². The molecule has 34 heavy (non-hydrogen) atoms. The Kier molecular flexibility index (Phi) is 8.00. The zero-order chi connectivity index (χ0) is 25.2. The first kappa shape index (κ1) is 25.7. The molecule has 1 fully saturated rings. The number of carbonyl (C=O) groups excluding carboxylic acids is 1. The van der Waals surface area contributed by atoms with Gasteiger partial charge in [-0.2, -0.15) is 0 Å². The fourth-order valence-electron chi connectivity index (χ4n) is 3.34. The van der Waals surface area contributed by atoms with Crippen LogP contribution < -0.4 is 4.90 Å². The summed E-state index contributed by atoms with van der Waals surface area (Å²) in [5.41, 5.74) is -0.245. The van der Waals surface area contributed by atoms with E-state index < -0.39 is 58.2 Å².